The van der Waals surface area contributed by atoms with E-state index in [0.29, 0.717) is 18.2 Å². The molecule has 0 fully saturated rings. The van der Waals surface area contributed by atoms with Crippen molar-refractivity contribution in [3.63, 3.8) is 0 Å². The second-order valence-corrected chi connectivity index (χ2v) is 3.99. The molecule has 3 rings (SSSR count). The van der Waals surface area contributed by atoms with Crippen LogP contribution in [0.1, 0.15) is 5.56 Å². The Kier molecular flexibility index (Phi) is 2.99. The Balaban J connectivity index is 1.97. The number of aromatic nitrogens is 5. The molecule has 0 radical (unpaired) electrons. The van der Waals surface area contributed by atoms with Gasteiger partial charge < -0.3 is 5.73 Å². The molecule has 0 saturated heterocycles. The molecule has 19 heavy (non-hydrogen) atoms. The molecule has 2 heterocycles. The lowest BCUT2D eigenvalue weighted by molar-refractivity contribution is 0.699. The van der Waals surface area contributed by atoms with Gasteiger partial charge in [-0.25, -0.2) is 4.98 Å². The van der Waals surface area contributed by atoms with Gasteiger partial charge in [0.05, 0.1) is 0 Å². The Labute approximate surface area is 109 Å². The van der Waals surface area contributed by atoms with Crippen LogP contribution in [0, 0.1) is 0 Å². The SMILES string of the molecule is NCc1ccnc(-n2nnc(-c3ccccc3)n2)c1. The van der Waals surface area contributed by atoms with Gasteiger partial charge in [0.25, 0.3) is 0 Å². The lowest BCUT2D eigenvalue weighted by Crippen LogP contribution is -2.04. The van der Waals surface area contributed by atoms with Gasteiger partial charge in [0, 0.05) is 18.3 Å². The number of nitrogens with two attached hydrogens (primary N) is 1. The summed E-state index contributed by atoms with van der Waals surface area (Å²) in [5.74, 6) is 1.18. The zero-order chi connectivity index (χ0) is 13.1. The first-order chi connectivity index (χ1) is 9.36. The molecule has 3 aromatic rings. The zero-order valence-electron chi connectivity index (χ0n) is 10.1. The van der Waals surface area contributed by atoms with E-state index in [1.54, 1.807) is 6.20 Å². The molecule has 0 saturated carbocycles. The largest absolute Gasteiger partial charge is 0.326 e. The minimum Gasteiger partial charge on any atom is -0.326 e. The maximum absolute atomic E-state index is 5.60. The van der Waals surface area contributed by atoms with Gasteiger partial charge in [-0.3, -0.25) is 0 Å². The van der Waals surface area contributed by atoms with E-state index in [0.717, 1.165) is 11.1 Å². The zero-order valence-corrected chi connectivity index (χ0v) is 10.1. The molecule has 2 aromatic heterocycles. The van der Waals surface area contributed by atoms with Crippen molar-refractivity contribution in [1.29, 1.82) is 0 Å². The van der Waals surface area contributed by atoms with Crippen molar-refractivity contribution in [2.24, 2.45) is 5.73 Å². The number of nitrogens with zero attached hydrogens (tertiary/aromatic N) is 5. The molecule has 0 aliphatic carbocycles. The van der Waals surface area contributed by atoms with Crippen molar-refractivity contribution in [1.82, 2.24) is 25.2 Å². The summed E-state index contributed by atoms with van der Waals surface area (Å²) in [7, 11) is 0. The third-order valence-corrected chi connectivity index (χ3v) is 2.70. The van der Waals surface area contributed by atoms with Gasteiger partial charge in [-0.2, -0.15) is 0 Å². The van der Waals surface area contributed by atoms with E-state index in [1.165, 1.54) is 4.80 Å². The highest BCUT2D eigenvalue weighted by Gasteiger charge is 2.07. The third-order valence-electron chi connectivity index (χ3n) is 2.70. The molecular formula is C13H12N6. The van der Waals surface area contributed by atoms with Crippen molar-refractivity contribution in [3.05, 3.63) is 54.2 Å². The van der Waals surface area contributed by atoms with Crippen LogP contribution in [-0.4, -0.2) is 25.2 Å². The molecule has 0 aliphatic heterocycles. The Morgan fingerprint density at radius 1 is 1.11 bits per heavy atom. The number of benzene rings is 1. The van der Waals surface area contributed by atoms with Crippen LogP contribution >= 0.6 is 0 Å². The number of rotatable bonds is 3. The van der Waals surface area contributed by atoms with Gasteiger partial charge >= 0.3 is 0 Å². The van der Waals surface area contributed by atoms with Gasteiger partial charge in [-0.1, -0.05) is 30.3 Å². The first kappa shape index (κ1) is 11.5. The van der Waals surface area contributed by atoms with Gasteiger partial charge in [0.2, 0.25) is 5.82 Å². The average Bonchev–Trinajstić information content (AvgIpc) is 2.98. The Hall–Kier alpha value is -2.60. The summed E-state index contributed by atoms with van der Waals surface area (Å²) < 4.78 is 0. The van der Waals surface area contributed by atoms with Gasteiger partial charge in [0.15, 0.2) is 5.82 Å². The van der Waals surface area contributed by atoms with Crippen LogP contribution in [0.4, 0.5) is 0 Å². The highest BCUT2D eigenvalue weighted by atomic mass is 15.6. The monoisotopic (exact) mass is 252 g/mol. The van der Waals surface area contributed by atoms with E-state index in [2.05, 4.69) is 20.4 Å². The van der Waals surface area contributed by atoms with Crippen LogP contribution in [0.2, 0.25) is 0 Å². The standard InChI is InChI=1S/C13H12N6/c14-9-10-6-7-15-12(8-10)19-17-13(16-18-19)11-4-2-1-3-5-11/h1-8H,9,14H2. The van der Waals surface area contributed by atoms with Crippen LogP contribution in [0.5, 0.6) is 0 Å². The molecule has 6 heteroatoms. The average molecular weight is 252 g/mol. The number of tetrazole rings is 1. The van der Waals surface area contributed by atoms with Crippen molar-refractivity contribution in [3.8, 4) is 17.2 Å². The summed E-state index contributed by atoms with van der Waals surface area (Å²) in [6.45, 7) is 0.454. The second kappa shape index (κ2) is 4.95. The van der Waals surface area contributed by atoms with Gasteiger partial charge in [-0.15, -0.1) is 15.0 Å². The molecule has 2 N–H and O–H groups in total. The van der Waals surface area contributed by atoms with E-state index in [1.807, 2.05) is 42.5 Å². The fourth-order valence-corrected chi connectivity index (χ4v) is 1.71. The lowest BCUT2D eigenvalue weighted by atomic mass is 10.2. The predicted molar refractivity (Wildman–Crippen MR) is 70.3 cm³/mol. The maximum atomic E-state index is 5.60. The fourth-order valence-electron chi connectivity index (χ4n) is 1.71. The third kappa shape index (κ3) is 2.34. The van der Waals surface area contributed by atoms with E-state index < -0.39 is 0 Å². The van der Waals surface area contributed by atoms with Crippen molar-refractivity contribution >= 4 is 0 Å². The van der Waals surface area contributed by atoms with Crippen molar-refractivity contribution < 1.29 is 0 Å². The van der Waals surface area contributed by atoms with Gasteiger partial charge in [0.1, 0.15) is 0 Å². The molecule has 0 atom stereocenters. The molecule has 1 aromatic carbocycles. The molecule has 94 valence electrons. The van der Waals surface area contributed by atoms with Crippen molar-refractivity contribution in [2.75, 3.05) is 0 Å². The van der Waals surface area contributed by atoms with E-state index in [9.17, 15) is 0 Å². The summed E-state index contributed by atoms with van der Waals surface area (Å²) >= 11 is 0. The van der Waals surface area contributed by atoms with E-state index in [-0.39, 0.29) is 0 Å². The first-order valence-corrected chi connectivity index (χ1v) is 5.87. The van der Waals surface area contributed by atoms with Crippen LogP contribution in [0.25, 0.3) is 17.2 Å². The molecule has 0 unspecified atom stereocenters. The molecule has 0 spiro atoms. The van der Waals surface area contributed by atoms with Crippen LogP contribution in [-0.2, 0) is 6.54 Å². The molecule has 0 bridgehead atoms. The number of hydrogen-bond donors (Lipinski definition) is 1. The Morgan fingerprint density at radius 2 is 1.95 bits per heavy atom. The lowest BCUT2D eigenvalue weighted by Gasteiger charge is -1.99. The second-order valence-electron chi connectivity index (χ2n) is 3.99. The topological polar surface area (TPSA) is 82.5 Å². The molecule has 0 aliphatic rings. The minimum atomic E-state index is 0.454. The molecular weight excluding hydrogens is 240 g/mol. The van der Waals surface area contributed by atoms with Gasteiger partial charge in [-0.05, 0) is 22.9 Å². The fraction of sp³-hybridized carbons (Fsp3) is 0.0769. The summed E-state index contributed by atoms with van der Waals surface area (Å²) in [5, 5.41) is 12.4. The van der Waals surface area contributed by atoms with E-state index in [4.69, 9.17) is 5.73 Å². The highest BCUT2D eigenvalue weighted by molar-refractivity contribution is 5.53. The van der Waals surface area contributed by atoms with Crippen molar-refractivity contribution in [2.45, 2.75) is 6.54 Å². The summed E-state index contributed by atoms with van der Waals surface area (Å²) in [4.78, 5) is 5.61. The Morgan fingerprint density at radius 3 is 2.74 bits per heavy atom. The smallest absolute Gasteiger partial charge is 0.205 e. The molecule has 6 nitrogen and oxygen atoms in total. The summed E-state index contributed by atoms with van der Waals surface area (Å²) in [5.41, 5.74) is 7.50. The normalized spacial score (nSPS) is 10.6. The van der Waals surface area contributed by atoms with Crippen LogP contribution in [0.3, 0.4) is 0 Å². The Bertz CT molecular complexity index is 676. The first-order valence-electron chi connectivity index (χ1n) is 5.87. The summed E-state index contributed by atoms with van der Waals surface area (Å²) in [6, 6.07) is 13.4. The number of hydrogen-bond acceptors (Lipinski definition) is 5. The quantitative estimate of drug-likeness (QED) is 0.757. The van der Waals surface area contributed by atoms with Crippen LogP contribution < -0.4 is 5.73 Å². The summed E-state index contributed by atoms with van der Waals surface area (Å²) in [6.07, 6.45) is 1.68. The molecule has 0 amide bonds. The van der Waals surface area contributed by atoms with E-state index >= 15 is 0 Å². The predicted octanol–water partition coefficient (Wildman–Crippen LogP) is 1.18. The minimum absolute atomic E-state index is 0.454. The highest BCUT2D eigenvalue weighted by Crippen LogP contribution is 2.13. The number of pyridine rings is 1. The maximum Gasteiger partial charge on any atom is 0.205 e. The van der Waals surface area contributed by atoms with Crippen LogP contribution in [0.15, 0.2) is 48.7 Å².